The number of rotatable bonds is 4. The Morgan fingerprint density at radius 3 is 1.08 bits per heavy atom. The maximum Gasteiger partial charge on any atom is 0.0576 e. The normalized spacial score (nSPS) is 37.8. The summed E-state index contributed by atoms with van der Waals surface area (Å²) in [5, 5.41) is 0. The summed E-state index contributed by atoms with van der Waals surface area (Å²) in [6.45, 7) is 0. The molecule has 0 aromatic carbocycles. The van der Waals surface area contributed by atoms with Crippen LogP contribution in [-0.2, 0) is 9.47 Å². The van der Waals surface area contributed by atoms with E-state index in [0.29, 0.717) is 12.2 Å². The zero-order valence-corrected chi connectivity index (χ0v) is 16.2. The molecule has 0 unspecified atom stereocenters. The third kappa shape index (κ3) is 4.97. The molecule has 0 radical (unpaired) electrons. The molecule has 0 saturated heterocycles. The number of ether oxygens (including phenoxy) is 2. The van der Waals surface area contributed by atoms with Crippen molar-refractivity contribution in [2.75, 3.05) is 14.2 Å². The van der Waals surface area contributed by atoms with Gasteiger partial charge in [-0.3, -0.25) is 0 Å². The highest BCUT2D eigenvalue weighted by Crippen LogP contribution is 2.43. The van der Waals surface area contributed by atoms with Gasteiger partial charge in [0.25, 0.3) is 0 Å². The van der Waals surface area contributed by atoms with E-state index in [1.54, 1.807) is 0 Å². The van der Waals surface area contributed by atoms with Crippen molar-refractivity contribution in [3.63, 3.8) is 0 Å². The highest BCUT2D eigenvalue weighted by atomic mass is 16.5. The highest BCUT2D eigenvalue weighted by Gasteiger charge is 2.36. The summed E-state index contributed by atoms with van der Waals surface area (Å²) in [5.41, 5.74) is 0. The minimum absolute atomic E-state index is 0.488. The van der Waals surface area contributed by atoms with Gasteiger partial charge in [-0.05, 0) is 49.4 Å². The van der Waals surface area contributed by atoms with Crippen molar-refractivity contribution in [1.82, 2.24) is 0 Å². The van der Waals surface area contributed by atoms with Crippen LogP contribution < -0.4 is 0 Å². The standard InChI is InChI=1S/C22H40O2/c1-23-21-13-19(17-9-5-3-6-10-17)15-22(24-2)16-20(14-21)18-11-7-4-8-12-18/h17-22H,3-16H2,1-2H3. The molecule has 0 bridgehead atoms. The van der Waals surface area contributed by atoms with E-state index in [-0.39, 0.29) is 0 Å². The van der Waals surface area contributed by atoms with Gasteiger partial charge in [-0.25, -0.2) is 0 Å². The average Bonchev–Trinajstić information content (AvgIpc) is 2.63. The molecule has 0 N–H and O–H groups in total. The summed E-state index contributed by atoms with van der Waals surface area (Å²) in [6.07, 6.45) is 20.6. The molecule has 3 fully saturated rings. The minimum Gasteiger partial charge on any atom is -0.381 e. The van der Waals surface area contributed by atoms with Crippen molar-refractivity contribution in [3.8, 4) is 0 Å². The summed E-state index contributed by atoms with van der Waals surface area (Å²) < 4.78 is 12.0. The Labute approximate surface area is 150 Å². The summed E-state index contributed by atoms with van der Waals surface area (Å²) >= 11 is 0. The molecule has 3 aliphatic rings. The Morgan fingerprint density at radius 2 is 0.792 bits per heavy atom. The van der Waals surface area contributed by atoms with E-state index in [1.165, 1.54) is 89.9 Å². The van der Waals surface area contributed by atoms with Crippen molar-refractivity contribution in [2.24, 2.45) is 23.7 Å². The van der Waals surface area contributed by atoms with Crippen LogP contribution in [0.1, 0.15) is 89.9 Å². The van der Waals surface area contributed by atoms with E-state index in [1.807, 2.05) is 14.2 Å². The van der Waals surface area contributed by atoms with Gasteiger partial charge in [-0.15, -0.1) is 0 Å². The van der Waals surface area contributed by atoms with E-state index < -0.39 is 0 Å². The Hall–Kier alpha value is -0.0800. The summed E-state index contributed by atoms with van der Waals surface area (Å²) in [5.74, 6) is 3.51. The average molecular weight is 337 g/mol. The molecule has 3 saturated carbocycles. The van der Waals surface area contributed by atoms with Gasteiger partial charge in [0.1, 0.15) is 0 Å². The molecular weight excluding hydrogens is 296 g/mol. The van der Waals surface area contributed by atoms with E-state index in [2.05, 4.69) is 0 Å². The third-order valence-electron chi connectivity index (χ3n) is 7.56. The van der Waals surface area contributed by atoms with Crippen LogP contribution in [0.2, 0.25) is 0 Å². The largest absolute Gasteiger partial charge is 0.381 e. The Morgan fingerprint density at radius 1 is 0.458 bits per heavy atom. The molecule has 24 heavy (non-hydrogen) atoms. The molecule has 3 rings (SSSR count). The molecule has 0 amide bonds. The van der Waals surface area contributed by atoms with Gasteiger partial charge in [0.05, 0.1) is 12.2 Å². The topological polar surface area (TPSA) is 18.5 Å². The lowest BCUT2D eigenvalue weighted by Gasteiger charge is -2.41. The number of methoxy groups -OCH3 is 2. The van der Waals surface area contributed by atoms with Crippen molar-refractivity contribution < 1.29 is 9.47 Å². The molecule has 0 heterocycles. The van der Waals surface area contributed by atoms with Crippen molar-refractivity contribution in [3.05, 3.63) is 0 Å². The fraction of sp³-hybridized carbons (Fsp3) is 1.00. The minimum atomic E-state index is 0.488. The highest BCUT2D eigenvalue weighted by molar-refractivity contribution is 4.87. The van der Waals surface area contributed by atoms with Crippen LogP contribution in [-0.4, -0.2) is 26.4 Å². The maximum absolute atomic E-state index is 6.00. The van der Waals surface area contributed by atoms with Crippen LogP contribution in [0.3, 0.4) is 0 Å². The number of hydrogen-bond acceptors (Lipinski definition) is 2. The maximum atomic E-state index is 6.00. The molecule has 0 aromatic heterocycles. The Balaban J connectivity index is 1.66. The molecular formula is C22H40O2. The van der Waals surface area contributed by atoms with Crippen LogP contribution in [0, 0.1) is 23.7 Å². The second kappa shape index (κ2) is 9.57. The second-order valence-corrected chi connectivity index (χ2v) is 8.97. The second-order valence-electron chi connectivity index (χ2n) is 8.97. The van der Waals surface area contributed by atoms with Crippen molar-refractivity contribution in [2.45, 2.75) is 102 Å². The molecule has 2 nitrogen and oxygen atoms in total. The fourth-order valence-corrected chi connectivity index (χ4v) is 6.10. The van der Waals surface area contributed by atoms with Crippen LogP contribution in [0.15, 0.2) is 0 Å². The van der Waals surface area contributed by atoms with Gasteiger partial charge >= 0.3 is 0 Å². The molecule has 3 aliphatic carbocycles. The lowest BCUT2D eigenvalue weighted by atomic mass is 9.69. The SMILES string of the molecule is COC1CC(C2CCCCC2)CC(OC)CC(C2CCCCC2)C1. The van der Waals surface area contributed by atoms with Crippen LogP contribution >= 0.6 is 0 Å². The van der Waals surface area contributed by atoms with Crippen molar-refractivity contribution in [1.29, 1.82) is 0 Å². The Bertz CT molecular complexity index is 298. The number of hydrogen-bond donors (Lipinski definition) is 0. The summed E-state index contributed by atoms with van der Waals surface area (Å²) in [6, 6.07) is 0. The van der Waals surface area contributed by atoms with Gasteiger partial charge in [-0.1, -0.05) is 64.2 Å². The van der Waals surface area contributed by atoms with Crippen LogP contribution in [0.5, 0.6) is 0 Å². The lowest BCUT2D eigenvalue weighted by molar-refractivity contribution is -0.0264. The first kappa shape index (κ1) is 18.7. The first-order valence-corrected chi connectivity index (χ1v) is 10.9. The predicted molar refractivity (Wildman–Crippen MR) is 100 cm³/mol. The molecule has 0 aromatic rings. The lowest BCUT2D eigenvalue weighted by Crippen LogP contribution is -2.36. The predicted octanol–water partition coefficient (Wildman–Crippen LogP) is 5.98. The first-order chi connectivity index (χ1) is 11.8. The van der Waals surface area contributed by atoms with Crippen LogP contribution in [0.4, 0.5) is 0 Å². The fourth-order valence-electron chi connectivity index (χ4n) is 6.10. The first-order valence-electron chi connectivity index (χ1n) is 10.9. The monoisotopic (exact) mass is 336 g/mol. The van der Waals surface area contributed by atoms with Gasteiger partial charge in [0, 0.05) is 14.2 Å². The van der Waals surface area contributed by atoms with E-state index in [0.717, 1.165) is 23.7 Å². The molecule has 0 aliphatic heterocycles. The van der Waals surface area contributed by atoms with E-state index >= 15 is 0 Å². The molecule has 140 valence electrons. The van der Waals surface area contributed by atoms with Gasteiger partial charge in [-0.2, -0.15) is 0 Å². The molecule has 0 atom stereocenters. The van der Waals surface area contributed by atoms with Gasteiger partial charge in [0.2, 0.25) is 0 Å². The zero-order chi connectivity index (χ0) is 16.8. The van der Waals surface area contributed by atoms with E-state index in [9.17, 15) is 0 Å². The van der Waals surface area contributed by atoms with Crippen LogP contribution in [0.25, 0.3) is 0 Å². The van der Waals surface area contributed by atoms with Gasteiger partial charge < -0.3 is 9.47 Å². The summed E-state index contributed by atoms with van der Waals surface area (Å²) in [4.78, 5) is 0. The summed E-state index contributed by atoms with van der Waals surface area (Å²) in [7, 11) is 3.91. The van der Waals surface area contributed by atoms with Crippen molar-refractivity contribution >= 4 is 0 Å². The van der Waals surface area contributed by atoms with E-state index in [4.69, 9.17) is 9.47 Å². The smallest absolute Gasteiger partial charge is 0.0576 e. The molecule has 0 spiro atoms. The van der Waals surface area contributed by atoms with Gasteiger partial charge in [0.15, 0.2) is 0 Å². The third-order valence-corrected chi connectivity index (χ3v) is 7.56. The molecule has 2 heteroatoms. The quantitative estimate of drug-likeness (QED) is 0.628. The zero-order valence-electron chi connectivity index (χ0n) is 16.2. The Kier molecular flexibility index (Phi) is 7.46.